The minimum atomic E-state index is 0.262. The molecule has 0 aliphatic heterocycles. The van der Waals surface area contributed by atoms with E-state index in [4.69, 9.17) is 4.74 Å². The SMILES string of the molecule is C=NCC(CC)OC(C)C. The van der Waals surface area contributed by atoms with Crippen LogP contribution < -0.4 is 0 Å². The first-order valence-corrected chi connectivity index (χ1v) is 3.78. The number of hydrogen-bond acceptors (Lipinski definition) is 2. The van der Waals surface area contributed by atoms with Gasteiger partial charge in [-0.2, -0.15) is 0 Å². The second kappa shape index (κ2) is 5.42. The van der Waals surface area contributed by atoms with Crippen molar-refractivity contribution in [1.29, 1.82) is 0 Å². The maximum Gasteiger partial charge on any atom is 0.0770 e. The molecule has 0 saturated heterocycles. The highest BCUT2D eigenvalue weighted by molar-refractivity contribution is 5.23. The van der Waals surface area contributed by atoms with Crippen molar-refractivity contribution in [3.8, 4) is 0 Å². The summed E-state index contributed by atoms with van der Waals surface area (Å²) >= 11 is 0. The first kappa shape index (κ1) is 9.63. The smallest absolute Gasteiger partial charge is 0.0770 e. The Balaban J connectivity index is 3.48. The molecule has 0 heterocycles. The third-order valence-corrected chi connectivity index (χ3v) is 1.25. The van der Waals surface area contributed by atoms with E-state index >= 15 is 0 Å². The summed E-state index contributed by atoms with van der Waals surface area (Å²) in [6.07, 6.45) is 1.57. The second-order valence-electron chi connectivity index (χ2n) is 2.62. The Labute approximate surface area is 63.3 Å². The summed E-state index contributed by atoms with van der Waals surface area (Å²) < 4.78 is 5.51. The number of ether oxygens (including phenoxy) is 1. The monoisotopic (exact) mass is 143 g/mol. The highest BCUT2D eigenvalue weighted by Gasteiger charge is 2.05. The van der Waals surface area contributed by atoms with Gasteiger partial charge in [-0.3, -0.25) is 4.99 Å². The molecule has 10 heavy (non-hydrogen) atoms. The van der Waals surface area contributed by atoms with Crippen LogP contribution in [0.4, 0.5) is 0 Å². The Kier molecular flexibility index (Phi) is 5.22. The van der Waals surface area contributed by atoms with Crippen LogP contribution in [-0.2, 0) is 4.74 Å². The van der Waals surface area contributed by atoms with Crippen molar-refractivity contribution in [3.05, 3.63) is 0 Å². The van der Waals surface area contributed by atoms with Gasteiger partial charge in [0.2, 0.25) is 0 Å². The molecule has 0 amide bonds. The van der Waals surface area contributed by atoms with Crippen molar-refractivity contribution in [2.45, 2.75) is 39.4 Å². The maximum atomic E-state index is 5.51. The topological polar surface area (TPSA) is 21.6 Å². The molecular formula is C8H17NO. The number of rotatable bonds is 5. The molecule has 0 radical (unpaired) electrons. The zero-order valence-electron chi connectivity index (χ0n) is 7.13. The summed E-state index contributed by atoms with van der Waals surface area (Å²) in [5, 5.41) is 0. The van der Waals surface area contributed by atoms with Crippen LogP contribution in [0.3, 0.4) is 0 Å². The molecular weight excluding hydrogens is 126 g/mol. The van der Waals surface area contributed by atoms with Crippen molar-refractivity contribution in [1.82, 2.24) is 0 Å². The zero-order valence-corrected chi connectivity index (χ0v) is 7.13. The van der Waals surface area contributed by atoms with E-state index < -0.39 is 0 Å². The summed E-state index contributed by atoms with van der Waals surface area (Å²) in [4.78, 5) is 3.78. The lowest BCUT2D eigenvalue weighted by Gasteiger charge is -2.16. The maximum absolute atomic E-state index is 5.51. The van der Waals surface area contributed by atoms with Gasteiger partial charge < -0.3 is 4.74 Å². The van der Waals surface area contributed by atoms with Gasteiger partial charge in [-0.15, -0.1) is 0 Å². The Bertz CT molecular complexity index is 91.3. The molecule has 60 valence electrons. The average Bonchev–Trinajstić information content (AvgIpc) is 1.86. The fourth-order valence-corrected chi connectivity index (χ4v) is 0.797. The van der Waals surface area contributed by atoms with Crippen LogP contribution in [0.15, 0.2) is 4.99 Å². The molecule has 0 aromatic carbocycles. The molecule has 1 atom stereocenters. The molecule has 0 aromatic heterocycles. The second-order valence-corrected chi connectivity index (χ2v) is 2.62. The Morgan fingerprint density at radius 2 is 2.10 bits per heavy atom. The van der Waals surface area contributed by atoms with Gasteiger partial charge in [0.1, 0.15) is 0 Å². The van der Waals surface area contributed by atoms with Crippen LogP contribution in [0, 0.1) is 0 Å². The van der Waals surface area contributed by atoms with Crippen molar-refractivity contribution < 1.29 is 4.74 Å². The van der Waals surface area contributed by atoms with E-state index in [2.05, 4.69) is 18.6 Å². The van der Waals surface area contributed by atoms with E-state index in [9.17, 15) is 0 Å². The predicted octanol–water partition coefficient (Wildman–Crippen LogP) is 1.89. The third kappa shape index (κ3) is 4.50. The number of aliphatic imine (C=N–C) groups is 1. The molecule has 2 nitrogen and oxygen atoms in total. The van der Waals surface area contributed by atoms with E-state index in [1.54, 1.807) is 0 Å². The lowest BCUT2D eigenvalue weighted by Crippen LogP contribution is -2.19. The van der Waals surface area contributed by atoms with Crippen LogP contribution >= 0.6 is 0 Å². The van der Waals surface area contributed by atoms with Gasteiger partial charge >= 0.3 is 0 Å². The first-order chi connectivity index (χ1) is 4.70. The van der Waals surface area contributed by atoms with E-state index in [1.165, 1.54) is 0 Å². The molecule has 0 bridgehead atoms. The Morgan fingerprint density at radius 1 is 1.50 bits per heavy atom. The van der Waals surface area contributed by atoms with Gasteiger partial charge in [0.05, 0.1) is 18.8 Å². The molecule has 0 fully saturated rings. The summed E-state index contributed by atoms with van der Waals surface area (Å²) in [7, 11) is 0. The molecule has 0 rings (SSSR count). The van der Waals surface area contributed by atoms with Gasteiger partial charge in [-0.05, 0) is 27.0 Å². The quantitative estimate of drug-likeness (QED) is 0.538. The van der Waals surface area contributed by atoms with Crippen LogP contribution in [0.25, 0.3) is 0 Å². The van der Waals surface area contributed by atoms with Gasteiger partial charge in [-0.1, -0.05) is 6.92 Å². The van der Waals surface area contributed by atoms with Crippen LogP contribution in [0.5, 0.6) is 0 Å². The molecule has 2 heteroatoms. The van der Waals surface area contributed by atoms with Crippen molar-refractivity contribution in [3.63, 3.8) is 0 Å². The standard InChI is InChI=1S/C8H17NO/c1-5-8(6-9-4)10-7(2)3/h7-8H,4-6H2,1-3H3. The van der Waals surface area contributed by atoms with Gasteiger partial charge in [0.25, 0.3) is 0 Å². The van der Waals surface area contributed by atoms with E-state index in [-0.39, 0.29) is 6.10 Å². The minimum absolute atomic E-state index is 0.262. The summed E-state index contributed by atoms with van der Waals surface area (Å²) in [6.45, 7) is 10.3. The summed E-state index contributed by atoms with van der Waals surface area (Å²) in [5.41, 5.74) is 0. The molecule has 0 aliphatic carbocycles. The fraction of sp³-hybridized carbons (Fsp3) is 0.875. The first-order valence-electron chi connectivity index (χ1n) is 3.78. The lowest BCUT2D eigenvalue weighted by atomic mass is 10.3. The largest absolute Gasteiger partial charge is 0.374 e. The van der Waals surface area contributed by atoms with E-state index in [0.717, 1.165) is 6.42 Å². The number of nitrogens with zero attached hydrogens (tertiary/aromatic N) is 1. The van der Waals surface area contributed by atoms with Crippen molar-refractivity contribution >= 4 is 6.72 Å². The molecule has 0 saturated carbocycles. The van der Waals surface area contributed by atoms with E-state index in [0.29, 0.717) is 12.6 Å². The summed E-state index contributed by atoms with van der Waals surface area (Å²) in [6, 6.07) is 0. The predicted molar refractivity (Wildman–Crippen MR) is 44.7 cm³/mol. The highest BCUT2D eigenvalue weighted by Crippen LogP contribution is 2.01. The lowest BCUT2D eigenvalue weighted by molar-refractivity contribution is 0.0118. The molecule has 0 aromatic rings. The van der Waals surface area contributed by atoms with Gasteiger partial charge in [-0.25, -0.2) is 0 Å². The normalized spacial score (nSPS) is 13.6. The van der Waals surface area contributed by atoms with Gasteiger partial charge in [0.15, 0.2) is 0 Å². The Hall–Kier alpha value is -0.370. The van der Waals surface area contributed by atoms with Crippen LogP contribution in [-0.4, -0.2) is 25.5 Å². The Morgan fingerprint density at radius 3 is 2.40 bits per heavy atom. The zero-order chi connectivity index (χ0) is 7.98. The van der Waals surface area contributed by atoms with E-state index in [1.807, 2.05) is 13.8 Å². The molecule has 1 unspecified atom stereocenters. The molecule has 0 aliphatic rings. The summed E-state index contributed by atoms with van der Waals surface area (Å²) in [5.74, 6) is 0. The minimum Gasteiger partial charge on any atom is -0.374 e. The van der Waals surface area contributed by atoms with Crippen molar-refractivity contribution in [2.24, 2.45) is 4.99 Å². The van der Waals surface area contributed by atoms with Gasteiger partial charge in [0, 0.05) is 0 Å². The fourth-order valence-electron chi connectivity index (χ4n) is 0.797. The van der Waals surface area contributed by atoms with Crippen molar-refractivity contribution in [2.75, 3.05) is 6.54 Å². The molecule has 0 N–H and O–H groups in total. The van der Waals surface area contributed by atoms with Crippen LogP contribution in [0.2, 0.25) is 0 Å². The average molecular weight is 143 g/mol. The third-order valence-electron chi connectivity index (χ3n) is 1.25. The highest BCUT2D eigenvalue weighted by atomic mass is 16.5. The number of hydrogen-bond donors (Lipinski definition) is 0. The molecule has 0 spiro atoms. The van der Waals surface area contributed by atoms with Crippen LogP contribution in [0.1, 0.15) is 27.2 Å².